The summed E-state index contributed by atoms with van der Waals surface area (Å²) in [6, 6.07) is 4.89. The van der Waals surface area contributed by atoms with Crippen molar-refractivity contribution in [1.82, 2.24) is 10.2 Å². The Balaban J connectivity index is 1.86. The van der Waals surface area contributed by atoms with Gasteiger partial charge in [0.05, 0.1) is 4.92 Å². The number of ether oxygens (including phenoxy) is 2. The molecule has 0 bridgehead atoms. The maximum atomic E-state index is 12.4. The lowest BCUT2D eigenvalue weighted by Crippen LogP contribution is -2.29. The lowest BCUT2D eigenvalue weighted by molar-refractivity contribution is -0.385. The fraction of sp³-hybridized carbons (Fsp3) is 0.375. The number of anilines is 1. The van der Waals surface area contributed by atoms with Crippen molar-refractivity contribution in [3.63, 3.8) is 0 Å². The first-order valence-electron chi connectivity index (χ1n) is 7.74. The second-order valence-electron chi connectivity index (χ2n) is 6.47. The third-order valence-corrected chi connectivity index (χ3v) is 3.66. The number of carbonyl (C=O) groups is 1. The lowest BCUT2D eigenvalue weighted by Gasteiger charge is -2.16. The van der Waals surface area contributed by atoms with Crippen LogP contribution < -0.4 is 14.8 Å². The summed E-state index contributed by atoms with van der Waals surface area (Å²) in [5, 5.41) is 20.3. The molecule has 2 N–H and O–H groups in total. The minimum atomic E-state index is -0.780. The Morgan fingerprint density at radius 3 is 2.64 bits per heavy atom. The van der Waals surface area contributed by atoms with Crippen molar-refractivity contribution < 1.29 is 19.2 Å². The highest BCUT2D eigenvalue weighted by Gasteiger charge is 2.33. The number of H-pyrrole nitrogens is 1. The summed E-state index contributed by atoms with van der Waals surface area (Å²) in [6.45, 7) is 7.10. The first kappa shape index (κ1) is 16.7. The van der Waals surface area contributed by atoms with E-state index in [4.69, 9.17) is 9.47 Å². The van der Waals surface area contributed by atoms with Crippen molar-refractivity contribution in [1.29, 1.82) is 0 Å². The molecule has 0 aliphatic carbocycles. The number of aromatic nitrogens is 2. The van der Waals surface area contributed by atoms with Gasteiger partial charge in [-0.1, -0.05) is 13.8 Å². The average molecular weight is 346 g/mol. The molecule has 1 amide bonds. The van der Waals surface area contributed by atoms with Crippen LogP contribution in [0.2, 0.25) is 0 Å². The maximum Gasteiger partial charge on any atom is 0.323 e. The van der Waals surface area contributed by atoms with Gasteiger partial charge in [0, 0.05) is 31.5 Å². The molecule has 132 valence electrons. The van der Waals surface area contributed by atoms with Crippen LogP contribution in [0.1, 0.15) is 49.8 Å². The molecule has 0 saturated heterocycles. The minimum Gasteiger partial charge on any atom is -0.449 e. The minimum absolute atomic E-state index is 0.165. The van der Waals surface area contributed by atoms with Crippen molar-refractivity contribution in [2.75, 3.05) is 5.32 Å². The van der Waals surface area contributed by atoms with Gasteiger partial charge in [-0.3, -0.25) is 20.0 Å². The number of aromatic amines is 1. The second-order valence-corrected chi connectivity index (χ2v) is 6.47. The van der Waals surface area contributed by atoms with Crippen LogP contribution in [0.15, 0.2) is 18.2 Å². The Bertz CT molecular complexity index is 856. The van der Waals surface area contributed by atoms with Gasteiger partial charge in [0.2, 0.25) is 11.5 Å². The Morgan fingerprint density at radius 2 is 2.00 bits per heavy atom. The highest BCUT2D eigenvalue weighted by atomic mass is 16.7. The van der Waals surface area contributed by atoms with Crippen molar-refractivity contribution >= 4 is 17.3 Å². The molecular formula is C16H18N4O5. The number of benzene rings is 1. The molecule has 0 spiro atoms. The Hall–Kier alpha value is -3.10. The molecule has 25 heavy (non-hydrogen) atoms. The molecule has 1 aliphatic heterocycles. The number of rotatable bonds is 4. The molecule has 1 aromatic heterocycles. The van der Waals surface area contributed by atoms with Crippen molar-refractivity contribution in [3.8, 4) is 11.5 Å². The Kier molecular flexibility index (Phi) is 3.86. The number of nitrogens with one attached hydrogen (secondary N) is 2. The van der Waals surface area contributed by atoms with E-state index in [0.717, 1.165) is 0 Å². The number of carbonyl (C=O) groups excluding carboxylic acids is 1. The van der Waals surface area contributed by atoms with E-state index in [1.165, 1.54) is 0 Å². The quantitative estimate of drug-likeness (QED) is 0.648. The molecule has 0 fully saturated rings. The van der Waals surface area contributed by atoms with E-state index in [1.807, 2.05) is 0 Å². The average Bonchev–Trinajstić information content (AvgIpc) is 3.06. The van der Waals surface area contributed by atoms with Gasteiger partial charge in [-0.25, -0.2) is 0 Å². The predicted molar refractivity (Wildman–Crippen MR) is 89.1 cm³/mol. The summed E-state index contributed by atoms with van der Waals surface area (Å²) >= 11 is 0. The maximum absolute atomic E-state index is 12.4. The van der Waals surface area contributed by atoms with E-state index in [-0.39, 0.29) is 17.3 Å². The summed E-state index contributed by atoms with van der Waals surface area (Å²) in [6.07, 6.45) is 0. The van der Waals surface area contributed by atoms with Crippen LogP contribution in [0.25, 0.3) is 0 Å². The van der Waals surface area contributed by atoms with Gasteiger partial charge in [0.15, 0.2) is 11.5 Å². The third-order valence-electron chi connectivity index (χ3n) is 3.66. The molecule has 3 rings (SSSR count). The number of fused-ring (bicyclic) bond motifs is 1. The number of amides is 1. The zero-order valence-corrected chi connectivity index (χ0v) is 14.2. The Labute approximate surface area is 143 Å². The second kappa shape index (κ2) is 5.76. The smallest absolute Gasteiger partial charge is 0.323 e. The van der Waals surface area contributed by atoms with Crippen LogP contribution in [-0.4, -0.2) is 26.8 Å². The molecule has 9 heteroatoms. The van der Waals surface area contributed by atoms with E-state index in [2.05, 4.69) is 15.5 Å². The van der Waals surface area contributed by atoms with Gasteiger partial charge in [-0.15, -0.1) is 0 Å². The molecule has 0 saturated carbocycles. The van der Waals surface area contributed by atoms with E-state index < -0.39 is 16.6 Å². The van der Waals surface area contributed by atoms with Crippen LogP contribution in [-0.2, 0) is 0 Å². The predicted octanol–water partition coefficient (Wildman–Crippen LogP) is 3.20. The molecule has 2 heterocycles. The molecular weight excluding hydrogens is 328 g/mol. The first-order chi connectivity index (χ1) is 11.7. The summed E-state index contributed by atoms with van der Waals surface area (Å²) in [7, 11) is 0. The number of nitrogens with zero attached hydrogens (tertiary/aromatic N) is 2. The van der Waals surface area contributed by atoms with Gasteiger partial charge in [-0.2, -0.15) is 5.10 Å². The first-order valence-corrected chi connectivity index (χ1v) is 7.74. The number of hydrogen-bond acceptors (Lipinski definition) is 6. The van der Waals surface area contributed by atoms with Crippen LogP contribution in [0, 0.1) is 10.1 Å². The number of nitro groups is 1. The van der Waals surface area contributed by atoms with Crippen molar-refractivity contribution in [2.24, 2.45) is 0 Å². The fourth-order valence-corrected chi connectivity index (χ4v) is 2.59. The molecule has 2 aromatic rings. The van der Waals surface area contributed by atoms with Gasteiger partial charge < -0.3 is 14.8 Å². The monoisotopic (exact) mass is 346 g/mol. The van der Waals surface area contributed by atoms with E-state index in [9.17, 15) is 14.9 Å². The van der Waals surface area contributed by atoms with Crippen LogP contribution in [0.5, 0.6) is 11.5 Å². The highest BCUT2D eigenvalue weighted by molar-refractivity contribution is 6.06. The Morgan fingerprint density at radius 1 is 1.32 bits per heavy atom. The zero-order chi connectivity index (χ0) is 18.4. The topological polar surface area (TPSA) is 119 Å². The summed E-state index contributed by atoms with van der Waals surface area (Å²) in [5.41, 5.74) is 0.164. The van der Waals surface area contributed by atoms with Gasteiger partial charge in [0.25, 0.3) is 5.91 Å². The molecule has 9 nitrogen and oxygen atoms in total. The van der Waals surface area contributed by atoms with Crippen LogP contribution in [0.3, 0.4) is 0 Å². The standard InChI is InChI=1S/C16H18N4O5/c1-8(2)12-14(20(22)23)13(19-18-12)15(21)17-9-5-6-10-11(7-9)25-16(3,4)24-10/h5-8H,1-4H3,(H,17,21)(H,18,19). The van der Waals surface area contributed by atoms with Crippen molar-refractivity contribution in [3.05, 3.63) is 39.7 Å². The summed E-state index contributed by atoms with van der Waals surface area (Å²) in [4.78, 5) is 23.2. The molecule has 1 aromatic carbocycles. The van der Waals surface area contributed by atoms with Crippen LogP contribution in [0.4, 0.5) is 11.4 Å². The zero-order valence-electron chi connectivity index (χ0n) is 14.2. The van der Waals surface area contributed by atoms with Crippen LogP contribution >= 0.6 is 0 Å². The summed E-state index contributed by atoms with van der Waals surface area (Å²) in [5.74, 6) is -0.564. The fourth-order valence-electron chi connectivity index (χ4n) is 2.59. The van der Waals surface area contributed by atoms with Crippen molar-refractivity contribution in [2.45, 2.75) is 39.4 Å². The normalized spacial score (nSPS) is 14.6. The largest absolute Gasteiger partial charge is 0.449 e. The summed E-state index contributed by atoms with van der Waals surface area (Å²) < 4.78 is 11.2. The van der Waals surface area contributed by atoms with E-state index in [1.54, 1.807) is 45.9 Å². The lowest BCUT2D eigenvalue weighted by atomic mass is 10.1. The molecule has 0 radical (unpaired) electrons. The SMILES string of the molecule is CC(C)c1[nH]nc(C(=O)Nc2ccc3c(c2)OC(C)(C)O3)c1[N+](=O)[O-]. The molecule has 0 atom stereocenters. The van der Waals surface area contributed by atoms with Gasteiger partial charge in [0.1, 0.15) is 5.69 Å². The number of hydrogen-bond donors (Lipinski definition) is 2. The van der Waals surface area contributed by atoms with E-state index in [0.29, 0.717) is 22.9 Å². The van der Waals surface area contributed by atoms with Gasteiger partial charge >= 0.3 is 5.69 Å². The third kappa shape index (κ3) is 3.12. The van der Waals surface area contributed by atoms with E-state index >= 15 is 0 Å². The molecule has 1 aliphatic rings. The highest BCUT2D eigenvalue weighted by Crippen LogP contribution is 2.40. The van der Waals surface area contributed by atoms with Gasteiger partial charge in [-0.05, 0) is 12.1 Å². The molecule has 0 unspecified atom stereocenters.